The van der Waals surface area contributed by atoms with E-state index in [1.165, 1.54) is 35.6 Å². The molecule has 1 fully saturated rings. The standard InChI is InChI=1S/C22H21FN4O3S/c1-14-4-8-16(9-5-14)24-20(29)22-26-25-21(31-22)18-3-2-12-27(18)19(28)13-30-17-10-6-15(23)7-11-17/h4-11,18H,2-3,12-13H2,1H3,(H,24,29)/t18-/m0/s1. The third-order valence-corrected chi connectivity index (χ3v) is 6.00. The van der Waals surface area contributed by atoms with Gasteiger partial charge in [0.2, 0.25) is 5.01 Å². The maximum Gasteiger partial charge on any atom is 0.286 e. The Bertz CT molecular complexity index is 1070. The largest absolute Gasteiger partial charge is 0.484 e. The number of ether oxygens (including phenoxy) is 1. The van der Waals surface area contributed by atoms with Crippen molar-refractivity contribution in [2.45, 2.75) is 25.8 Å². The zero-order valence-electron chi connectivity index (χ0n) is 16.9. The van der Waals surface area contributed by atoms with E-state index < -0.39 is 0 Å². The zero-order valence-corrected chi connectivity index (χ0v) is 17.7. The van der Waals surface area contributed by atoms with Gasteiger partial charge in [-0.15, -0.1) is 10.2 Å². The summed E-state index contributed by atoms with van der Waals surface area (Å²) in [6, 6.07) is 12.8. The molecule has 3 aromatic rings. The molecule has 2 aromatic carbocycles. The number of nitrogens with one attached hydrogen (secondary N) is 1. The molecule has 160 valence electrons. The minimum absolute atomic E-state index is 0.151. The monoisotopic (exact) mass is 440 g/mol. The van der Waals surface area contributed by atoms with Crippen LogP contribution in [0.5, 0.6) is 5.75 Å². The lowest BCUT2D eigenvalue weighted by Gasteiger charge is -2.22. The van der Waals surface area contributed by atoms with E-state index in [0.29, 0.717) is 23.0 Å². The van der Waals surface area contributed by atoms with Gasteiger partial charge in [0.15, 0.2) is 6.61 Å². The minimum Gasteiger partial charge on any atom is -0.484 e. The number of aromatic nitrogens is 2. The molecule has 1 N–H and O–H groups in total. The number of carbonyl (C=O) groups is 2. The van der Waals surface area contributed by atoms with E-state index in [4.69, 9.17) is 4.74 Å². The number of anilines is 1. The van der Waals surface area contributed by atoms with Gasteiger partial charge < -0.3 is 15.0 Å². The molecule has 9 heteroatoms. The molecule has 0 unspecified atom stereocenters. The van der Waals surface area contributed by atoms with Gasteiger partial charge in [0.05, 0.1) is 6.04 Å². The fourth-order valence-corrected chi connectivity index (χ4v) is 4.25. The topological polar surface area (TPSA) is 84.4 Å². The maximum atomic E-state index is 13.0. The van der Waals surface area contributed by atoms with E-state index in [0.717, 1.165) is 18.4 Å². The fourth-order valence-electron chi connectivity index (χ4n) is 3.36. The van der Waals surface area contributed by atoms with Crippen molar-refractivity contribution in [3.8, 4) is 5.75 Å². The van der Waals surface area contributed by atoms with Crippen molar-refractivity contribution in [3.63, 3.8) is 0 Å². The van der Waals surface area contributed by atoms with Crippen molar-refractivity contribution in [1.29, 1.82) is 0 Å². The zero-order chi connectivity index (χ0) is 21.8. The Morgan fingerprint density at radius 2 is 1.90 bits per heavy atom. The minimum atomic E-state index is -0.364. The number of rotatable bonds is 6. The van der Waals surface area contributed by atoms with Gasteiger partial charge in [-0.3, -0.25) is 9.59 Å². The molecule has 2 amide bonds. The summed E-state index contributed by atoms with van der Waals surface area (Å²) in [4.78, 5) is 26.9. The van der Waals surface area contributed by atoms with Crippen LogP contribution in [-0.2, 0) is 4.79 Å². The average Bonchev–Trinajstić information content (AvgIpc) is 3.44. The van der Waals surface area contributed by atoms with Crippen LogP contribution >= 0.6 is 11.3 Å². The van der Waals surface area contributed by atoms with Crippen LogP contribution in [0.25, 0.3) is 0 Å². The fraction of sp³-hybridized carbons (Fsp3) is 0.273. The van der Waals surface area contributed by atoms with Crippen molar-refractivity contribution in [3.05, 3.63) is 69.9 Å². The molecule has 0 radical (unpaired) electrons. The average molecular weight is 441 g/mol. The van der Waals surface area contributed by atoms with E-state index >= 15 is 0 Å². The molecule has 0 spiro atoms. The van der Waals surface area contributed by atoms with Crippen LogP contribution < -0.4 is 10.1 Å². The molecule has 1 aliphatic rings. The van der Waals surface area contributed by atoms with Crippen LogP contribution in [-0.4, -0.2) is 40.1 Å². The summed E-state index contributed by atoms with van der Waals surface area (Å²) in [5, 5.41) is 11.9. The first-order chi connectivity index (χ1) is 15.0. The summed E-state index contributed by atoms with van der Waals surface area (Å²) < 4.78 is 18.5. The Morgan fingerprint density at radius 3 is 2.65 bits per heavy atom. The van der Waals surface area contributed by atoms with Crippen LogP contribution in [0.4, 0.5) is 10.1 Å². The van der Waals surface area contributed by atoms with Crippen LogP contribution in [0.2, 0.25) is 0 Å². The molecule has 0 bridgehead atoms. The van der Waals surface area contributed by atoms with Gasteiger partial charge in [-0.25, -0.2) is 4.39 Å². The number of nitrogens with zero attached hydrogens (tertiary/aromatic N) is 3. The predicted octanol–water partition coefficient (Wildman–Crippen LogP) is 3.98. The first-order valence-corrected chi connectivity index (χ1v) is 10.7. The van der Waals surface area contributed by atoms with Crippen molar-refractivity contribution in [1.82, 2.24) is 15.1 Å². The number of amides is 2. The highest BCUT2D eigenvalue weighted by Crippen LogP contribution is 2.34. The van der Waals surface area contributed by atoms with Gasteiger partial charge >= 0.3 is 0 Å². The summed E-state index contributed by atoms with van der Waals surface area (Å²) in [6.07, 6.45) is 1.58. The molecule has 1 atom stereocenters. The van der Waals surface area contributed by atoms with Gasteiger partial charge in [0.25, 0.3) is 11.8 Å². The van der Waals surface area contributed by atoms with E-state index in [1.54, 1.807) is 4.90 Å². The lowest BCUT2D eigenvalue weighted by atomic mass is 10.2. The Hall–Kier alpha value is -3.33. The van der Waals surface area contributed by atoms with Crippen molar-refractivity contribution in [2.75, 3.05) is 18.5 Å². The van der Waals surface area contributed by atoms with E-state index in [9.17, 15) is 14.0 Å². The van der Waals surface area contributed by atoms with Crippen molar-refractivity contribution < 1.29 is 18.7 Å². The summed E-state index contributed by atoms with van der Waals surface area (Å²) in [5.41, 5.74) is 1.79. The van der Waals surface area contributed by atoms with Gasteiger partial charge in [0.1, 0.15) is 16.6 Å². The molecular weight excluding hydrogens is 419 g/mol. The van der Waals surface area contributed by atoms with Crippen LogP contribution in [0.3, 0.4) is 0 Å². The number of likely N-dealkylation sites (tertiary alicyclic amines) is 1. The number of hydrogen-bond acceptors (Lipinski definition) is 6. The number of aryl methyl sites for hydroxylation is 1. The summed E-state index contributed by atoms with van der Waals surface area (Å²) >= 11 is 1.19. The number of benzene rings is 2. The Balaban J connectivity index is 1.38. The van der Waals surface area contributed by atoms with Crippen LogP contribution in [0.15, 0.2) is 48.5 Å². The van der Waals surface area contributed by atoms with Crippen molar-refractivity contribution >= 4 is 28.8 Å². The van der Waals surface area contributed by atoms with Gasteiger partial charge in [-0.2, -0.15) is 0 Å². The lowest BCUT2D eigenvalue weighted by Crippen LogP contribution is -2.34. The summed E-state index contributed by atoms with van der Waals surface area (Å²) in [5.74, 6) is -0.455. The lowest BCUT2D eigenvalue weighted by molar-refractivity contribution is -0.134. The summed E-state index contributed by atoms with van der Waals surface area (Å²) in [6.45, 7) is 2.41. The molecule has 0 saturated carbocycles. The first kappa shape index (κ1) is 20.9. The Labute approximate surface area is 182 Å². The van der Waals surface area contributed by atoms with Gasteiger partial charge in [-0.05, 0) is 56.2 Å². The van der Waals surface area contributed by atoms with E-state index in [2.05, 4.69) is 15.5 Å². The van der Waals surface area contributed by atoms with Gasteiger partial charge in [-0.1, -0.05) is 29.0 Å². The SMILES string of the molecule is Cc1ccc(NC(=O)c2nnc([C@@H]3CCCN3C(=O)COc3ccc(F)cc3)s2)cc1. The molecular formula is C22H21FN4O3S. The molecule has 1 saturated heterocycles. The third kappa shape index (κ3) is 5.05. The van der Waals surface area contributed by atoms with Crippen molar-refractivity contribution in [2.24, 2.45) is 0 Å². The molecule has 2 heterocycles. The highest BCUT2D eigenvalue weighted by atomic mass is 32.1. The van der Waals surface area contributed by atoms with E-state index in [1.807, 2.05) is 31.2 Å². The molecule has 0 aliphatic carbocycles. The predicted molar refractivity (Wildman–Crippen MR) is 115 cm³/mol. The number of halogens is 1. The first-order valence-electron chi connectivity index (χ1n) is 9.89. The highest BCUT2D eigenvalue weighted by molar-refractivity contribution is 7.13. The molecule has 1 aromatic heterocycles. The Morgan fingerprint density at radius 1 is 1.16 bits per heavy atom. The Kier molecular flexibility index (Phi) is 6.22. The highest BCUT2D eigenvalue weighted by Gasteiger charge is 2.33. The number of carbonyl (C=O) groups excluding carboxylic acids is 2. The summed E-state index contributed by atoms with van der Waals surface area (Å²) in [7, 11) is 0. The molecule has 1 aliphatic heterocycles. The maximum absolute atomic E-state index is 13.0. The second kappa shape index (κ2) is 9.22. The smallest absolute Gasteiger partial charge is 0.286 e. The molecule has 31 heavy (non-hydrogen) atoms. The molecule has 4 rings (SSSR count). The normalized spacial score (nSPS) is 15.7. The quantitative estimate of drug-likeness (QED) is 0.627. The molecule has 7 nitrogen and oxygen atoms in total. The van der Waals surface area contributed by atoms with Crippen LogP contribution in [0.1, 0.15) is 39.3 Å². The van der Waals surface area contributed by atoms with Gasteiger partial charge in [0, 0.05) is 12.2 Å². The second-order valence-corrected chi connectivity index (χ2v) is 8.26. The van der Waals surface area contributed by atoms with E-state index in [-0.39, 0.29) is 35.3 Å². The third-order valence-electron chi connectivity index (χ3n) is 4.98. The second-order valence-electron chi connectivity index (χ2n) is 7.25. The number of hydrogen-bond donors (Lipinski definition) is 1. The van der Waals surface area contributed by atoms with Crippen LogP contribution in [0, 0.1) is 12.7 Å².